The third-order valence-corrected chi connectivity index (χ3v) is 6.78. The SMILES string of the molecule is CN1/C(=C(/C#N)C(=O)Cn2c(Br)nc3c(=O)n(C)c(=O)n(C)c32)Sc2ccccc21. The maximum absolute atomic E-state index is 13.1. The van der Waals surface area contributed by atoms with Crippen LogP contribution in [-0.4, -0.2) is 31.5 Å². The molecule has 0 N–H and O–H groups in total. The molecule has 0 atom stereocenters. The van der Waals surface area contributed by atoms with Crippen LogP contribution in [-0.2, 0) is 25.4 Å². The molecule has 0 unspecified atom stereocenters. The van der Waals surface area contributed by atoms with Gasteiger partial charge < -0.3 is 4.90 Å². The number of nitriles is 1. The average Bonchev–Trinajstić information content (AvgIpc) is 3.23. The standard InChI is InChI=1S/C19H15BrN6O3S/c1-23-11-6-4-5-7-13(11)30-17(23)10(8-21)12(27)9-26-15-14(22-18(26)20)16(28)25(3)19(29)24(15)2/h4-7H,9H2,1-3H3/b17-10+. The summed E-state index contributed by atoms with van der Waals surface area (Å²) in [6, 6.07) is 9.65. The lowest BCUT2D eigenvalue weighted by Gasteiger charge is -2.15. The normalized spacial score (nSPS) is 14.7. The Morgan fingerprint density at radius 1 is 1.20 bits per heavy atom. The minimum absolute atomic E-state index is 0.00119. The lowest BCUT2D eigenvalue weighted by Crippen LogP contribution is -2.37. The highest BCUT2D eigenvalue weighted by molar-refractivity contribution is 9.10. The number of aromatic nitrogens is 4. The third kappa shape index (κ3) is 2.91. The van der Waals surface area contributed by atoms with Gasteiger partial charge in [0.2, 0.25) is 0 Å². The van der Waals surface area contributed by atoms with Crippen LogP contribution in [0.4, 0.5) is 5.69 Å². The van der Waals surface area contributed by atoms with Crippen molar-refractivity contribution in [3.8, 4) is 6.07 Å². The smallest absolute Gasteiger partial charge is 0.332 e. The molecular weight excluding hydrogens is 472 g/mol. The molecule has 0 saturated carbocycles. The van der Waals surface area contributed by atoms with E-state index in [4.69, 9.17) is 0 Å². The molecule has 0 aliphatic carbocycles. The van der Waals surface area contributed by atoms with E-state index in [9.17, 15) is 19.6 Å². The first-order valence-electron chi connectivity index (χ1n) is 8.76. The summed E-state index contributed by atoms with van der Waals surface area (Å²) in [5.74, 6) is -0.451. The zero-order valence-electron chi connectivity index (χ0n) is 16.2. The minimum atomic E-state index is -0.555. The number of para-hydroxylation sites is 1. The molecule has 0 saturated heterocycles. The lowest BCUT2D eigenvalue weighted by molar-refractivity contribution is -0.115. The summed E-state index contributed by atoms with van der Waals surface area (Å²) in [7, 11) is 4.67. The second-order valence-corrected chi connectivity index (χ2v) is 8.43. The van der Waals surface area contributed by atoms with Crippen molar-refractivity contribution in [2.75, 3.05) is 11.9 Å². The van der Waals surface area contributed by atoms with Crippen molar-refractivity contribution in [1.82, 2.24) is 18.7 Å². The first-order valence-corrected chi connectivity index (χ1v) is 10.4. The first kappa shape index (κ1) is 20.2. The fraction of sp³-hybridized carbons (Fsp3) is 0.211. The monoisotopic (exact) mass is 486 g/mol. The van der Waals surface area contributed by atoms with Crippen LogP contribution in [0.5, 0.6) is 0 Å². The number of hydrogen-bond acceptors (Lipinski definition) is 7. The molecule has 1 aliphatic rings. The van der Waals surface area contributed by atoms with E-state index in [0.717, 1.165) is 15.1 Å². The van der Waals surface area contributed by atoms with Gasteiger partial charge in [-0.1, -0.05) is 23.9 Å². The van der Waals surface area contributed by atoms with E-state index in [-0.39, 0.29) is 28.0 Å². The van der Waals surface area contributed by atoms with Gasteiger partial charge in [0.1, 0.15) is 16.7 Å². The molecule has 30 heavy (non-hydrogen) atoms. The summed E-state index contributed by atoms with van der Waals surface area (Å²) in [6.07, 6.45) is 0. The number of hydrogen-bond donors (Lipinski definition) is 0. The predicted molar refractivity (Wildman–Crippen MR) is 116 cm³/mol. The predicted octanol–water partition coefficient (Wildman–Crippen LogP) is 1.74. The number of benzene rings is 1. The number of carbonyl (C=O) groups is 1. The lowest BCUT2D eigenvalue weighted by atomic mass is 10.2. The van der Waals surface area contributed by atoms with Gasteiger partial charge in [-0.25, -0.2) is 9.78 Å². The highest BCUT2D eigenvalue weighted by Crippen LogP contribution is 2.46. The topological polar surface area (TPSA) is 106 Å². The molecule has 4 rings (SSSR count). The Morgan fingerprint density at radius 3 is 2.57 bits per heavy atom. The van der Waals surface area contributed by atoms with Crippen LogP contribution < -0.4 is 16.1 Å². The summed E-state index contributed by atoms with van der Waals surface area (Å²) >= 11 is 4.62. The number of thioether (sulfide) groups is 1. The van der Waals surface area contributed by atoms with E-state index in [1.807, 2.05) is 35.2 Å². The van der Waals surface area contributed by atoms with Gasteiger partial charge in [0.15, 0.2) is 21.7 Å². The van der Waals surface area contributed by atoms with Crippen LogP contribution >= 0.6 is 27.7 Å². The van der Waals surface area contributed by atoms with Crippen LogP contribution in [0.3, 0.4) is 0 Å². The Hall–Kier alpha value is -3.10. The number of rotatable bonds is 3. The number of halogens is 1. The third-order valence-electron chi connectivity index (χ3n) is 4.94. The highest BCUT2D eigenvalue weighted by Gasteiger charge is 2.29. The van der Waals surface area contributed by atoms with Crippen LogP contribution in [0.15, 0.2) is 54.1 Å². The van der Waals surface area contributed by atoms with Crippen molar-refractivity contribution < 1.29 is 4.79 Å². The molecule has 1 aromatic carbocycles. The van der Waals surface area contributed by atoms with Gasteiger partial charge in [-0.3, -0.25) is 23.3 Å². The van der Waals surface area contributed by atoms with Gasteiger partial charge in [-0.2, -0.15) is 5.26 Å². The second-order valence-electron chi connectivity index (χ2n) is 6.69. The van der Waals surface area contributed by atoms with Gasteiger partial charge in [0.05, 0.1) is 12.2 Å². The van der Waals surface area contributed by atoms with Crippen molar-refractivity contribution in [3.63, 3.8) is 0 Å². The van der Waals surface area contributed by atoms with Gasteiger partial charge in [0, 0.05) is 26.0 Å². The van der Waals surface area contributed by atoms with E-state index in [2.05, 4.69) is 20.9 Å². The molecule has 2 aromatic heterocycles. The molecular formula is C19H15BrN6O3S. The Balaban J connectivity index is 1.81. The van der Waals surface area contributed by atoms with E-state index in [1.54, 1.807) is 7.05 Å². The quantitative estimate of drug-likeness (QED) is 0.315. The minimum Gasteiger partial charge on any atom is -0.337 e. The number of aryl methyl sites for hydroxylation is 1. The number of anilines is 1. The second kappa shape index (κ2) is 7.30. The number of carbonyl (C=O) groups excluding carboxylic acids is 1. The van der Waals surface area contributed by atoms with Crippen molar-refractivity contribution in [1.29, 1.82) is 5.26 Å². The molecule has 9 nitrogen and oxygen atoms in total. The fourth-order valence-corrected chi connectivity index (χ4v) is 5.01. The first-order chi connectivity index (χ1) is 14.3. The fourth-order valence-electron chi connectivity index (χ4n) is 3.38. The molecule has 3 heterocycles. The van der Waals surface area contributed by atoms with Crippen LogP contribution in [0.25, 0.3) is 11.2 Å². The van der Waals surface area contributed by atoms with E-state index in [0.29, 0.717) is 5.03 Å². The maximum atomic E-state index is 13.1. The average molecular weight is 487 g/mol. The van der Waals surface area contributed by atoms with Crippen molar-refractivity contribution in [3.05, 3.63) is 60.4 Å². The van der Waals surface area contributed by atoms with Gasteiger partial charge in [-0.15, -0.1) is 0 Å². The largest absolute Gasteiger partial charge is 0.337 e. The Kier molecular flexibility index (Phi) is 4.91. The van der Waals surface area contributed by atoms with Gasteiger partial charge >= 0.3 is 5.69 Å². The number of fused-ring (bicyclic) bond motifs is 2. The van der Waals surface area contributed by atoms with Crippen LogP contribution in [0.2, 0.25) is 0 Å². The number of nitrogens with zero attached hydrogens (tertiary/aromatic N) is 6. The van der Waals surface area contributed by atoms with Crippen molar-refractivity contribution in [2.45, 2.75) is 11.4 Å². The summed E-state index contributed by atoms with van der Waals surface area (Å²) in [6.45, 7) is -0.255. The molecule has 0 spiro atoms. The maximum Gasteiger partial charge on any atom is 0.332 e. The molecule has 1 aliphatic heterocycles. The molecule has 11 heteroatoms. The molecule has 0 radical (unpaired) electrons. The van der Waals surface area contributed by atoms with Crippen LogP contribution in [0, 0.1) is 11.3 Å². The van der Waals surface area contributed by atoms with E-state index >= 15 is 0 Å². The highest BCUT2D eigenvalue weighted by atomic mass is 79.9. The Morgan fingerprint density at radius 2 is 1.90 bits per heavy atom. The van der Waals surface area contributed by atoms with Crippen molar-refractivity contribution >= 4 is 50.3 Å². The number of imidazole rings is 1. The summed E-state index contributed by atoms with van der Waals surface area (Å²) in [4.78, 5) is 44.8. The Bertz CT molecular complexity index is 1430. The summed E-state index contributed by atoms with van der Waals surface area (Å²) < 4.78 is 3.86. The zero-order valence-corrected chi connectivity index (χ0v) is 18.6. The number of Topliss-reactive ketones (excluding diaryl/α,β-unsaturated/α-hetero) is 1. The van der Waals surface area contributed by atoms with E-state index < -0.39 is 17.0 Å². The van der Waals surface area contributed by atoms with E-state index in [1.165, 1.54) is 35.0 Å². The molecule has 0 amide bonds. The molecule has 152 valence electrons. The summed E-state index contributed by atoms with van der Waals surface area (Å²) in [5.41, 5.74) is 0.0976. The summed E-state index contributed by atoms with van der Waals surface area (Å²) in [5, 5.41) is 10.3. The van der Waals surface area contributed by atoms with Gasteiger partial charge in [-0.05, 0) is 28.1 Å². The van der Waals surface area contributed by atoms with Crippen molar-refractivity contribution in [2.24, 2.45) is 14.1 Å². The zero-order chi connectivity index (χ0) is 21.7. The molecule has 0 bridgehead atoms. The molecule has 3 aromatic rings. The Labute approximate surface area is 183 Å². The van der Waals surface area contributed by atoms with Gasteiger partial charge in [0.25, 0.3) is 5.56 Å². The number of allylic oxidation sites excluding steroid dienone is 1. The van der Waals surface area contributed by atoms with Crippen LogP contribution in [0.1, 0.15) is 0 Å². The number of ketones is 1. The molecule has 0 fully saturated rings.